The highest BCUT2D eigenvalue weighted by Gasteiger charge is 2.41. The van der Waals surface area contributed by atoms with Crippen molar-refractivity contribution in [3.8, 4) is 17.2 Å². The first-order valence-corrected chi connectivity index (χ1v) is 10.7. The van der Waals surface area contributed by atoms with Gasteiger partial charge in [-0.25, -0.2) is 4.68 Å². The maximum absolute atomic E-state index is 6.64. The Labute approximate surface area is 191 Å². The largest absolute Gasteiger partial charge is 0.497 e. The second kappa shape index (κ2) is 7.70. The van der Waals surface area contributed by atoms with Gasteiger partial charge in [0, 0.05) is 11.1 Å². The maximum atomic E-state index is 6.64. The first-order chi connectivity index (χ1) is 16.3. The van der Waals surface area contributed by atoms with E-state index in [4.69, 9.17) is 14.2 Å². The fraction of sp³-hybridized carbons (Fsp3) is 0.154. The van der Waals surface area contributed by atoms with Crippen molar-refractivity contribution in [2.75, 3.05) is 19.5 Å². The quantitative estimate of drug-likeness (QED) is 0.491. The van der Waals surface area contributed by atoms with E-state index in [1.807, 2.05) is 53.2 Å². The number of rotatable bonds is 4. The lowest BCUT2D eigenvalue weighted by Gasteiger charge is -2.39. The Morgan fingerprint density at radius 2 is 1.64 bits per heavy atom. The van der Waals surface area contributed by atoms with Crippen LogP contribution in [-0.4, -0.2) is 29.0 Å². The van der Waals surface area contributed by atoms with E-state index in [1.165, 1.54) is 0 Å². The van der Waals surface area contributed by atoms with Crippen LogP contribution in [0.2, 0.25) is 0 Å². The molecule has 7 heteroatoms. The van der Waals surface area contributed by atoms with Gasteiger partial charge in [-0.05, 0) is 41.5 Å². The molecule has 1 aromatic heterocycles. The van der Waals surface area contributed by atoms with Gasteiger partial charge in [0.15, 0.2) is 0 Å². The molecular weight excluding hydrogens is 416 g/mol. The number of methoxy groups -OCH3 is 2. The highest BCUT2D eigenvalue weighted by molar-refractivity contribution is 5.85. The first kappa shape index (κ1) is 19.4. The molecular formula is C26H22N4O3. The number of nitrogens with one attached hydrogen (secondary N) is 1. The summed E-state index contributed by atoms with van der Waals surface area (Å²) in [7, 11) is 3.33. The van der Waals surface area contributed by atoms with Crippen LogP contribution in [0.25, 0.3) is 5.70 Å². The average molecular weight is 438 g/mol. The number of hydrogen-bond donors (Lipinski definition) is 1. The molecule has 0 unspecified atom stereocenters. The molecule has 0 saturated carbocycles. The molecule has 0 radical (unpaired) electrons. The highest BCUT2D eigenvalue weighted by Crippen LogP contribution is 2.51. The van der Waals surface area contributed by atoms with E-state index in [9.17, 15) is 0 Å². The zero-order chi connectivity index (χ0) is 22.4. The average Bonchev–Trinajstić information content (AvgIpc) is 3.35. The van der Waals surface area contributed by atoms with Crippen LogP contribution in [0.3, 0.4) is 0 Å². The van der Waals surface area contributed by atoms with Gasteiger partial charge in [-0.2, -0.15) is 10.1 Å². The van der Waals surface area contributed by atoms with E-state index in [0.29, 0.717) is 5.95 Å². The number of benzene rings is 3. The Morgan fingerprint density at radius 3 is 2.39 bits per heavy atom. The zero-order valence-electron chi connectivity index (χ0n) is 18.2. The van der Waals surface area contributed by atoms with Crippen LogP contribution in [0.5, 0.6) is 17.2 Å². The molecule has 3 heterocycles. The Bertz CT molecular complexity index is 1350. The van der Waals surface area contributed by atoms with Crippen LogP contribution in [0, 0.1) is 0 Å². The maximum Gasteiger partial charge on any atom is 0.226 e. The van der Waals surface area contributed by atoms with Crippen molar-refractivity contribution in [3.05, 3.63) is 101 Å². The molecule has 1 N–H and O–H groups in total. The molecule has 0 amide bonds. The second-order valence-electron chi connectivity index (χ2n) is 7.93. The van der Waals surface area contributed by atoms with Crippen LogP contribution in [0.15, 0.2) is 84.7 Å². The van der Waals surface area contributed by atoms with E-state index < -0.39 is 0 Å². The van der Waals surface area contributed by atoms with E-state index in [2.05, 4.69) is 39.7 Å². The molecule has 6 rings (SSSR count). The summed E-state index contributed by atoms with van der Waals surface area (Å²) in [5, 5.41) is 8.08. The predicted molar refractivity (Wildman–Crippen MR) is 125 cm³/mol. The SMILES string of the molecule is COc1ccc([C@H]2C3=C(Nc4ncnn42)c2cc(OC)ccc2O[C@@H]3c2ccccc2)cc1. The molecule has 164 valence electrons. The van der Waals surface area contributed by atoms with Gasteiger partial charge in [-0.3, -0.25) is 0 Å². The summed E-state index contributed by atoms with van der Waals surface area (Å²) in [5.41, 5.74) is 5.09. The Hall–Kier alpha value is -4.26. The molecule has 0 spiro atoms. The van der Waals surface area contributed by atoms with Crippen LogP contribution in [-0.2, 0) is 0 Å². The zero-order valence-corrected chi connectivity index (χ0v) is 18.2. The molecule has 2 aliphatic heterocycles. The summed E-state index contributed by atoms with van der Waals surface area (Å²) in [6.07, 6.45) is 1.27. The van der Waals surface area contributed by atoms with Gasteiger partial charge < -0.3 is 19.5 Å². The van der Waals surface area contributed by atoms with Gasteiger partial charge in [0.25, 0.3) is 0 Å². The van der Waals surface area contributed by atoms with Crippen molar-refractivity contribution in [1.29, 1.82) is 0 Å². The monoisotopic (exact) mass is 438 g/mol. The van der Waals surface area contributed by atoms with Crippen molar-refractivity contribution in [2.45, 2.75) is 12.1 Å². The topological polar surface area (TPSA) is 70.4 Å². The molecule has 4 aromatic rings. The van der Waals surface area contributed by atoms with Gasteiger partial charge in [0.05, 0.1) is 19.9 Å². The Balaban J connectivity index is 1.61. The number of anilines is 1. The van der Waals surface area contributed by atoms with Gasteiger partial charge in [0.2, 0.25) is 5.95 Å². The summed E-state index contributed by atoms with van der Waals surface area (Å²) in [4.78, 5) is 4.48. The lowest BCUT2D eigenvalue weighted by molar-refractivity contribution is 0.222. The third kappa shape index (κ3) is 3.12. The lowest BCUT2D eigenvalue weighted by Crippen LogP contribution is -2.32. The first-order valence-electron chi connectivity index (χ1n) is 10.7. The fourth-order valence-electron chi connectivity index (χ4n) is 4.59. The van der Waals surface area contributed by atoms with E-state index >= 15 is 0 Å². The minimum atomic E-state index is -0.306. The molecule has 7 nitrogen and oxygen atoms in total. The smallest absolute Gasteiger partial charge is 0.226 e. The van der Waals surface area contributed by atoms with Crippen LogP contribution in [0.1, 0.15) is 28.8 Å². The summed E-state index contributed by atoms with van der Waals surface area (Å²) in [6, 6.07) is 24.0. The summed E-state index contributed by atoms with van der Waals surface area (Å²) < 4.78 is 19.4. The van der Waals surface area contributed by atoms with Crippen LogP contribution in [0.4, 0.5) is 5.95 Å². The Morgan fingerprint density at radius 1 is 0.879 bits per heavy atom. The summed E-state index contributed by atoms with van der Waals surface area (Å²) in [6.45, 7) is 0. The molecule has 0 aliphatic carbocycles. The molecule has 0 saturated heterocycles. The molecule has 2 aliphatic rings. The minimum Gasteiger partial charge on any atom is -0.497 e. The molecule has 2 atom stereocenters. The van der Waals surface area contributed by atoms with Gasteiger partial charge in [0.1, 0.15) is 35.7 Å². The number of aromatic nitrogens is 3. The van der Waals surface area contributed by atoms with Gasteiger partial charge in [-0.15, -0.1) is 0 Å². The molecule has 0 fully saturated rings. The number of hydrogen-bond acceptors (Lipinski definition) is 6. The Kier molecular flexibility index (Phi) is 4.54. The van der Waals surface area contributed by atoms with E-state index in [0.717, 1.165) is 45.2 Å². The second-order valence-corrected chi connectivity index (χ2v) is 7.93. The number of ether oxygens (including phenoxy) is 3. The summed E-state index contributed by atoms with van der Waals surface area (Å²) in [5.74, 6) is 3.03. The number of fused-ring (bicyclic) bond motifs is 3. The fourth-order valence-corrected chi connectivity index (χ4v) is 4.59. The van der Waals surface area contributed by atoms with E-state index in [1.54, 1.807) is 20.5 Å². The third-order valence-electron chi connectivity index (χ3n) is 6.15. The van der Waals surface area contributed by atoms with Crippen molar-refractivity contribution in [1.82, 2.24) is 14.8 Å². The highest BCUT2D eigenvalue weighted by atomic mass is 16.5. The molecule has 33 heavy (non-hydrogen) atoms. The summed E-state index contributed by atoms with van der Waals surface area (Å²) >= 11 is 0. The van der Waals surface area contributed by atoms with Crippen LogP contribution < -0.4 is 19.5 Å². The lowest BCUT2D eigenvalue weighted by atomic mass is 9.84. The standard InChI is InChI=1S/C26H22N4O3/c1-31-18-10-8-16(9-11-18)24-22-23(29-26-27-15-28-30(24)26)20-14-19(32-2)12-13-21(20)33-25(22)17-6-4-3-5-7-17/h3-15,24-25H,1-2H3,(H,27,28,29)/t24-,25+/m0/s1. The minimum absolute atomic E-state index is 0.214. The van der Waals surface area contributed by atoms with Gasteiger partial charge in [-0.1, -0.05) is 42.5 Å². The van der Waals surface area contributed by atoms with Crippen LogP contribution >= 0.6 is 0 Å². The number of nitrogens with zero attached hydrogens (tertiary/aromatic N) is 3. The van der Waals surface area contributed by atoms with Gasteiger partial charge >= 0.3 is 0 Å². The van der Waals surface area contributed by atoms with Crippen molar-refractivity contribution >= 4 is 11.6 Å². The predicted octanol–water partition coefficient (Wildman–Crippen LogP) is 4.86. The van der Waals surface area contributed by atoms with E-state index in [-0.39, 0.29) is 12.1 Å². The molecule has 0 bridgehead atoms. The molecule has 3 aromatic carbocycles. The van der Waals surface area contributed by atoms with Crippen molar-refractivity contribution in [3.63, 3.8) is 0 Å². The normalized spacial score (nSPS) is 18.4. The third-order valence-corrected chi connectivity index (χ3v) is 6.15. The van der Waals surface area contributed by atoms with Crippen molar-refractivity contribution in [2.24, 2.45) is 0 Å². The van der Waals surface area contributed by atoms with Crippen molar-refractivity contribution < 1.29 is 14.2 Å².